The molecule has 0 aliphatic carbocycles. The SMILES string of the molecule is COC(CNC(=O)c1csc(-c2cnccn2)n1)C(=O)O. The van der Waals surface area contributed by atoms with Gasteiger partial charge < -0.3 is 15.2 Å². The molecule has 2 aromatic rings. The monoisotopic (exact) mass is 308 g/mol. The number of hydrogen-bond donors (Lipinski definition) is 2. The molecule has 2 N–H and O–H groups in total. The molecule has 110 valence electrons. The summed E-state index contributed by atoms with van der Waals surface area (Å²) in [6.07, 6.45) is 3.53. The van der Waals surface area contributed by atoms with Crippen LogP contribution in [0.5, 0.6) is 0 Å². The Morgan fingerprint density at radius 1 is 1.48 bits per heavy atom. The molecule has 8 nitrogen and oxygen atoms in total. The lowest BCUT2D eigenvalue weighted by molar-refractivity contribution is -0.148. The molecule has 0 aromatic carbocycles. The van der Waals surface area contributed by atoms with Crippen LogP contribution in [0.1, 0.15) is 10.5 Å². The Bertz CT molecular complexity index is 631. The maximum atomic E-state index is 11.9. The third-order valence-electron chi connectivity index (χ3n) is 2.53. The smallest absolute Gasteiger partial charge is 0.334 e. The number of methoxy groups -OCH3 is 1. The van der Waals surface area contributed by atoms with Gasteiger partial charge in [-0.15, -0.1) is 11.3 Å². The highest BCUT2D eigenvalue weighted by Crippen LogP contribution is 2.20. The van der Waals surface area contributed by atoms with Gasteiger partial charge in [-0.25, -0.2) is 9.78 Å². The molecule has 1 amide bonds. The summed E-state index contributed by atoms with van der Waals surface area (Å²) in [7, 11) is 1.26. The Labute approximate surface area is 123 Å². The number of amides is 1. The predicted molar refractivity (Wildman–Crippen MR) is 73.9 cm³/mol. The zero-order valence-electron chi connectivity index (χ0n) is 11.0. The second-order valence-corrected chi connectivity index (χ2v) is 4.76. The maximum absolute atomic E-state index is 11.9. The summed E-state index contributed by atoms with van der Waals surface area (Å²) in [5, 5.41) is 13.4. The first-order valence-corrected chi connectivity index (χ1v) is 6.75. The number of carboxylic acid groups (broad SMARTS) is 1. The van der Waals surface area contributed by atoms with Crippen molar-refractivity contribution >= 4 is 23.2 Å². The summed E-state index contributed by atoms with van der Waals surface area (Å²) in [5.74, 6) is -1.61. The van der Waals surface area contributed by atoms with Crippen molar-refractivity contribution in [2.75, 3.05) is 13.7 Å². The molecule has 0 spiro atoms. The number of carbonyl (C=O) groups is 2. The first-order chi connectivity index (χ1) is 10.1. The average Bonchev–Trinajstić information content (AvgIpc) is 2.98. The molecule has 0 saturated carbocycles. The molecule has 9 heteroatoms. The lowest BCUT2D eigenvalue weighted by Gasteiger charge is -2.10. The quantitative estimate of drug-likeness (QED) is 0.795. The topological polar surface area (TPSA) is 114 Å². The molecule has 0 fully saturated rings. The molecule has 1 unspecified atom stereocenters. The zero-order chi connectivity index (χ0) is 15.2. The van der Waals surface area contributed by atoms with Crippen LogP contribution in [-0.4, -0.2) is 51.7 Å². The largest absolute Gasteiger partial charge is 0.479 e. The standard InChI is InChI=1S/C12H12N4O4S/c1-20-9(12(18)19)5-15-10(17)8-6-21-11(16-8)7-4-13-2-3-14-7/h2-4,6,9H,5H2,1H3,(H,15,17)(H,18,19). The number of nitrogens with zero attached hydrogens (tertiary/aromatic N) is 3. The van der Waals surface area contributed by atoms with Crippen LogP contribution in [0.3, 0.4) is 0 Å². The Morgan fingerprint density at radius 2 is 2.29 bits per heavy atom. The number of aromatic nitrogens is 3. The Balaban J connectivity index is 2.01. The van der Waals surface area contributed by atoms with Gasteiger partial charge in [0.15, 0.2) is 6.10 Å². The number of nitrogens with one attached hydrogen (secondary N) is 1. The van der Waals surface area contributed by atoms with Crippen molar-refractivity contribution < 1.29 is 19.4 Å². The van der Waals surface area contributed by atoms with Crippen molar-refractivity contribution in [3.8, 4) is 10.7 Å². The number of rotatable bonds is 6. The normalized spacial score (nSPS) is 11.9. The van der Waals surface area contributed by atoms with Gasteiger partial charge in [-0.05, 0) is 0 Å². The van der Waals surface area contributed by atoms with Crippen LogP contribution in [0.2, 0.25) is 0 Å². The molecule has 0 bridgehead atoms. The van der Waals surface area contributed by atoms with E-state index in [2.05, 4.69) is 20.3 Å². The average molecular weight is 308 g/mol. The van der Waals surface area contributed by atoms with Gasteiger partial charge in [0.25, 0.3) is 5.91 Å². The maximum Gasteiger partial charge on any atom is 0.334 e. The van der Waals surface area contributed by atoms with Gasteiger partial charge in [-0.3, -0.25) is 14.8 Å². The highest BCUT2D eigenvalue weighted by atomic mass is 32.1. The minimum absolute atomic E-state index is 0.136. The minimum atomic E-state index is -1.14. The first kappa shape index (κ1) is 15.0. The van der Waals surface area contributed by atoms with Gasteiger partial charge in [0.05, 0.1) is 12.7 Å². The van der Waals surface area contributed by atoms with E-state index in [0.29, 0.717) is 10.7 Å². The van der Waals surface area contributed by atoms with Crippen LogP contribution in [0.4, 0.5) is 0 Å². The lowest BCUT2D eigenvalue weighted by atomic mass is 10.3. The van der Waals surface area contributed by atoms with E-state index < -0.39 is 18.0 Å². The third-order valence-corrected chi connectivity index (χ3v) is 3.39. The molecule has 2 aromatic heterocycles. The number of hydrogen-bond acceptors (Lipinski definition) is 7. The van der Waals surface area contributed by atoms with Gasteiger partial charge >= 0.3 is 5.97 Å². The summed E-state index contributed by atoms with van der Waals surface area (Å²) in [5.41, 5.74) is 0.766. The minimum Gasteiger partial charge on any atom is -0.479 e. The number of carbonyl (C=O) groups excluding carboxylic acids is 1. The lowest BCUT2D eigenvalue weighted by Crippen LogP contribution is -2.37. The molecule has 0 aliphatic heterocycles. The molecular formula is C12H12N4O4S. The van der Waals surface area contributed by atoms with Crippen molar-refractivity contribution in [3.63, 3.8) is 0 Å². The molecule has 1 atom stereocenters. The van der Waals surface area contributed by atoms with Gasteiger partial charge in [-0.2, -0.15) is 0 Å². The van der Waals surface area contributed by atoms with Gasteiger partial charge in [0, 0.05) is 24.9 Å². The Kier molecular flexibility index (Phi) is 4.90. The van der Waals surface area contributed by atoms with E-state index in [4.69, 9.17) is 9.84 Å². The number of ether oxygens (including phenoxy) is 1. The molecule has 0 radical (unpaired) electrons. The number of carboxylic acids is 1. The van der Waals surface area contributed by atoms with E-state index >= 15 is 0 Å². The predicted octanol–water partition coefficient (Wildman–Crippen LogP) is 0.429. The van der Waals surface area contributed by atoms with Crippen molar-refractivity contribution in [1.82, 2.24) is 20.3 Å². The summed E-state index contributed by atoms with van der Waals surface area (Å²) in [6.45, 7) is -0.136. The van der Waals surface area contributed by atoms with Gasteiger partial charge in [-0.1, -0.05) is 0 Å². The van der Waals surface area contributed by atoms with Crippen LogP contribution in [-0.2, 0) is 9.53 Å². The Hall–Kier alpha value is -2.39. The molecule has 0 aliphatic rings. The second-order valence-electron chi connectivity index (χ2n) is 3.90. The van der Waals surface area contributed by atoms with E-state index in [9.17, 15) is 9.59 Å². The van der Waals surface area contributed by atoms with Crippen LogP contribution in [0.25, 0.3) is 10.7 Å². The number of thiazole rings is 1. The summed E-state index contributed by atoms with van der Waals surface area (Å²) in [6, 6.07) is 0. The van der Waals surface area contributed by atoms with Gasteiger partial charge in [0.1, 0.15) is 16.4 Å². The second kappa shape index (κ2) is 6.86. The summed E-state index contributed by atoms with van der Waals surface area (Å²) < 4.78 is 4.72. The molecule has 0 saturated heterocycles. The fourth-order valence-electron chi connectivity index (χ4n) is 1.45. The van der Waals surface area contributed by atoms with E-state index in [1.807, 2.05) is 0 Å². The highest BCUT2D eigenvalue weighted by Gasteiger charge is 2.19. The van der Waals surface area contributed by atoms with Crippen LogP contribution in [0.15, 0.2) is 24.0 Å². The third kappa shape index (κ3) is 3.80. The molecule has 2 heterocycles. The van der Waals surface area contributed by atoms with Crippen LogP contribution in [0, 0.1) is 0 Å². The van der Waals surface area contributed by atoms with Crippen molar-refractivity contribution in [3.05, 3.63) is 29.7 Å². The summed E-state index contributed by atoms with van der Waals surface area (Å²) in [4.78, 5) is 34.8. The van der Waals surface area contributed by atoms with Crippen LogP contribution >= 0.6 is 11.3 Å². The molecular weight excluding hydrogens is 296 g/mol. The van der Waals surface area contributed by atoms with E-state index in [1.54, 1.807) is 17.8 Å². The van der Waals surface area contributed by atoms with Crippen molar-refractivity contribution in [1.29, 1.82) is 0 Å². The first-order valence-electron chi connectivity index (χ1n) is 5.87. The number of aliphatic carboxylic acids is 1. The summed E-state index contributed by atoms with van der Waals surface area (Å²) >= 11 is 1.26. The van der Waals surface area contributed by atoms with Crippen molar-refractivity contribution in [2.24, 2.45) is 0 Å². The Morgan fingerprint density at radius 3 is 2.90 bits per heavy atom. The van der Waals surface area contributed by atoms with Gasteiger partial charge in [0.2, 0.25) is 0 Å². The fraction of sp³-hybridized carbons (Fsp3) is 0.250. The van der Waals surface area contributed by atoms with E-state index in [-0.39, 0.29) is 12.2 Å². The zero-order valence-corrected chi connectivity index (χ0v) is 11.8. The fourth-order valence-corrected chi connectivity index (χ4v) is 2.21. The molecule has 2 rings (SSSR count). The van der Waals surface area contributed by atoms with E-state index in [0.717, 1.165) is 0 Å². The highest BCUT2D eigenvalue weighted by molar-refractivity contribution is 7.13. The molecule has 21 heavy (non-hydrogen) atoms. The van der Waals surface area contributed by atoms with Crippen LogP contribution < -0.4 is 5.32 Å². The van der Waals surface area contributed by atoms with Crippen molar-refractivity contribution in [2.45, 2.75) is 6.10 Å². The van der Waals surface area contributed by atoms with E-state index in [1.165, 1.54) is 24.6 Å².